The third-order valence-electron chi connectivity index (χ3n) is 3.71. The van der Waals surface area contributed by atoms with Crippen molar-refractivity contribution in [1.29, 1.82) is 0 Å². The number of hydrogen-bond donors (Lipinski definition) is 2. The highest BCUT2D eigenvalue weighted by Crippen LogP contribution is 2.37. The lowest BCUT2D eigenvalue weighted by Crippen LogP contribution is -2.32. The van der Waals surface area contributed by atoms with Crippen molar-refractivity contribution in [3.63, 3.8) is 0 Å². The standard InChI is InChI=1S/C18H18N2O3S/c1-11-7-8-13-15(9-11)24-16(18(22)20-13)10-17(21)19-12-5-3-4-6-14(12)23-2/h3-9,16H,10H2,1-2H3,(H,19,21)(H,20,22). The highest BCUT2D eigenvalue weighted by atomic mass is 32.2. The van der Waals surface area contributed by atoms with Gasteiger partial charge in [-0.15, -0.1) is 11.8 Å². The molecule has 124 valence electrons. The molecule has 2 N–H and O–H groups in total. The van der Waals surface area contributed by atoms with Crippen LogP contribution in [0.5, 0.6) is 5.75 Å². The Morgan fingerprint density at radius 1 is 1.29 bits per heavy atom. The van der Waals surface area contributed by atoms with E-state index in [9.17, 15) is 9.59 Å². The number of thioether (sulfide) groups is 1. The number of carbonyl (C=O) groups excluding carboxylic acids is 2. The van der Waals surface area contributed by atoms with Crippen LogP contribution in [0.1, 0.15) is 12.0 Å². The van der Waals surface area contributed by atoms with Gasteiger partial charge in [-0.2, -0.15) is 0 Å². The molecule has 6 heteroatoms. The van der Waals surface area contributed by atoms with E-state index in [1.165, 1.54) is 11.8 Å². The molecule has 0 spiro atoms. The van der Waals surface area contributed by atoms with E-state index in [0.717, 1.165) is 16.1 Å². The summed E-state index contributed by atoms with van der Waals surface area (Å²) in [6.45, 7) is 2.00. The van der Waals surface area contributed by atoms with Gasteiger partial charge in [-0.1, -0.05) is 18.2 Å². The molecule has 2 aromatic carbocycles. The zero-order valence-electron chi connectivity index (χ0n) is 13.5. The molecule has 24 heavy (non-hydrogen) atoms. The molecule has 0 saturated carbocycles. The number of aryl methyl sites for hydroxylation is 1. The second-order valence-electron chi connectivity index (χ2n) is 5.55. The van der Waals surface area contributed by atoms with E-state index in [1.54, 1.807) is 19.2 Å². The minimum Gasteiger partial charge on any atom is -0.495 e. The number of ether oxygens (including phenoxy) is 1. The van der Waals surface area contributed by atoms with Crippen LogP contribution in [-0.4, -0.2) is 24.2 Å². The zero-order valence-corrected chi connectivity index (χ0v) is 14.3. The Kier molecular flexibility index (Phi) is 4.76. The van der Waals surface area contributed by atoms with Gasteiger partial charge in [0.05, 0.1) is 23.7 Å². The fraction of sp³-hybridized carbons (Fsp3) is 0.222. The molecule has 3 rings (SSSR count). The molecule has 1 unspecified atom stereocenters. The lowest BCUT2D eigenvalue weighted by molar-refractivity contribution is -0.120. The summed E-state index contributed by atoms with van der Waals surface area (Å²) in [6, 6.07) is 13.1. The van der Waals surface area contributed by atoms with Gasteiger partial charge in [0, 0.05) is 11.3 Å². The fourth-order valence-corrected chi connectivity index (χ4v) is 3.71. The molecular formula is C18H18N2O3S. The van der Waals surface area contributed by atoms with E-state index < -0.39 is 5.25 Å². The molecule has 1 aliphatic rings. The highest BCUT2D eigenvalue weighted by molar-refractivity contribution is 8.01. The van der Waals surface area contributed by atoms with Gasteiger partial charge < -0.3 is 15.4 Å². The summed E-state index contributed by atoms with van der Waals surface area (Å²) < 4.78 is 5.22. The summed E-state index contributed by atoms with van der Waals surface area (Å²) in [7, 11) is 1.55. The number of methoxy groups -OCH3 is 1. The van der Waals surface area contributed by atoms with Gasteiger partial charge in [0.25, 0.3) is 0 Å². The van der Waals surface area contributed by atoms with Gasteiger partial charge in [-0.05, 0) is 36.8 Å². The summed E-state index contributed by atoms with van der Waals surface area (Å²) in [4.78, 5) is 25.5. The Morgan fingerprint density at radius 3 is 2.88 bits per heavy atom. The van der Waals surface area contributed by atoms with Crippen molar-refractivity contribution in [2.24, 2.45) is 0 Å². The van der Waals surface area contributed by atoms with Crippen molar-refractivity contribution in [1.82, 2.24) is 0 Å². The van der Waals surface area contributed by atoms with E-state index in [-0.39, 0.29) is 18.2 Å². The minimum atomic E-state index is -0.450. The van der Waals surface area contributed by atoms with E-state index in [1.807, 2.05) is 37.3 Å². The van der Waals surface area contributed by atoms with Crippen molar-refractivity contribution in [2.45, 2.75) is 23.5 Å². The molecule has 2 aromatic rings. The molecule has 1 atom stereocenters. The largest absolute Gasteiger partial charge is 0.495 e. The fourth-order valence-electron chi connectivity index (χ4n) is 2.50. The van der Waals surface area contributed by atoms with E-state index in [4.69, 9.17) is 4.74 Å². The molecular weight excluding hydrogens is 324 g/mol. The number of amides is 2. The average molecular weight is 342 g/mol. The summed E-state index contributed by atoms with van der Waals surface area (Å²) >= 11 is 1.42. The number of anilines is 2. The van der Waals surface area contributed by atoms with Crippen LogP contribution in [0.3, 0.4) is 0 Å². The predicted octanol–water partition coefficient (Wildman–Crippen LogP) is 3.45. The third-order valence-corrected chi connectivity index (χ3v) is 4.97. The van der Waals surface area contributed by atoms with Crippen LogP contribution in [0.2, 0.25) is 0 Å². The summed E-state index contributed by atoms with van der Waals surface area (Å²) in [5, 5.41) is 5.22. The Bertz CT molecular complexity index is 792. The molecule has 0 bridgehead atoms. The van der Waals surface area contributed by atoms with Gasteiger partial charge in [-0.3, -0.25) is 9.59 Å². The Labute approximate surface area is 144 Å². The molecule has 0 fully saturated rings. The van der Waals surface area contributed by atoms with Crippen LogP contribution in [0, 0.1) is 6.92 Å². The zero-order chi connectivity index (χ0) is 17.1. The Hall–Kier alpha value is -2.47. The van der Waals surface area contributed by atoms with E-state index >= 15 is 0 Å². The molecule has 5 nitrogen and oxygen atoms in total. The van der Waals surface area contributed by atoms with Crippen molar-refractivity contribution in [3.05, 3.63) is 48.0 Å². The van der Waals surface area contributed by atoms with Crippen LogP contribution in [-0.2, 0) is 9.59 Å². The topological polar surface area (TPSA) is 67.4 Å². The third kappa shape index (κ3) is 3.54. The quantitative estimate of drug-likeness (QED) is 0.893. The maximum atomic E-state index is 12.3. The SMILES string of the molecule is COc1ccccc1NC(=O)CC1Sc2cc(C)ccc2NC1=O. The second-order valence-corrected chi connectivity index (χ2v) is 6.79. The molecule has 0 saturated heterocycles. The van der Waals surface area contributed by atoms with E-state index in [0.29, 0.717) is 11.4 Å². The van der Waals surface area contributed by atoms with Crippen molar-refractivity contribution in [3.8, 4) is 5.75 Å². The van der Waals surface area contributed by atoms with Crippen LogP contribution in [0.4, 0.5) is 11.4 Å². The normalized spacial score (nSPS) is 16.1. The molecule has 0 aromatic heterocycles. The first-order chi connectivity index (χ1) is 11.6. The van der Waals surface area contributed by atoms with Crippen LogP contribution < -0.4 is 15.4 Å². The van der Waals surface area contributed by atoms with Crippen LogP contribution in [0.25, 0.3) is 0 Å². The number of nitrogens with one attached hydrogen (secondary N) is 2. The molecule has 0 aliphatic carbocycles. The summed E-state index contributed by atoms with van der Waals surface area (Å²) in [5.74, 6) is 0.224. The monoisotopic (exact) mass is 342 g/mol. The Morgan fingerprint density at radius 2 is 2.08 bits per heavy atom. The number of rotatable bonds is 4. The molecule has 2 amide bonds. The molecule has 1 aliphatic heterocycles. The average Bonchev–Trinajstić information content (AvgIpc) is 2.56. The first-order valence-corrected chi connectivity index (χ1v) is 8.46. The predicted molar refractivity (Wildman–Crippen MR) is 95.7 cm³/mol. The van der Waals surface area contributed by atoms with Crippen LogP contribution in [0.15, 0.2) is 47.4 Å². The van der Waals surface area contributed by atoms with Gasteiger partial charge >= 0.3 is 0 Å². The lowest BCUT2D eigenvalue weighted by Gasteiger charge is -2.24. The number of hydrogen-bond acceptors (Lipinski definition) is 4. The van der Waals surface area contributed by atoms with Gasteiger partial charge in [0.15, 0.2) is 0 Å². The van der Waals surface area contributed by atoms with Gasteiger partial charge in [0.2, 0.25) is 11.8 Å². The smallest absolute Gasteiger partial charge is 0.238 e. The van der Waals surface area contributed by atoms with Gasteiger partial charge in [0.1, 0.15) is 5.75 Å². The lowest BCUT2D eigenvalue weighted by atomic mass is 10.2. The number of para-hydroxylation sites is 2. The Balaban J connectivity index is 1.69. The molecule has 0 radical (unpaired) electrons. The maximum Gasteiger partial charge on any atom is 0.238 e. The summed E-state index contributed by atoms with van der Waals surface area (Å²) in [6.07, 6.45) is 0.0991. The van der Waals surface area contributed by atoms with Crippen molar-refractivity contribution >= 4 is 35.0 Å². The number of benzene rings is 2. The van der Waals surface area contributed by atoms with E-state index in [2.05, 4.69) is 10.6 Å². The van der Waals surface area contributed by atoms with Crippen molar-refractivity contribution in [2.75, 3.05) is 17.7 Å². The van der Waals surface area contributed by atoms with Gasteiger partial charge in [-0.25, -0.2) is 0 Å². The minimum absolute atomic E-state index is 0.0991. The second kappa shape index (κ2) is 6.97. The number of carbonyl (C=O) groups is 2. The maximum absolute atomic E-state index is 12.3. The summed E-state index contributed by atoms with van der Waals surface area (Å²) in [5.41, 5.74) is 2.52. The first kappa shape index (κ1) is 16.4. The highest BCUT2D eigenvalue weighted by Gasteiger charge is 2.29. The van der Waals surface area contributed by atoms with Crippen LogP contribution >= 0.6 is 11.8 Å². The molecule has 1 heterocycles. The number of fused-ring (bicyclic) bond motifs is 1. The van der Waals surface area contributed by atoms with Crippen molar-refractivity contribution < 1.29 is 14.3 Å². The first-order valence-electron chi connectivity index (χ1n) is 7.58.